The zero-order valence-electron chi connectivity index (χ0n) is 11.6. The highest BCUT2D eigenvalue weighted by molar-refractivity contribution is 5.91. The molecule has 3 heteroatoms. The number of rotatable bonds is 1. The highest BCUT2D eigenvalue weighted by atomic mass is 19.2. The molecule has 0 saturated heterocycles. The Bertz CT molecular complexity index is 625. The van der Waals surface area contributed by atoms with Crippen LogP contribution in [0.1, 0.15) is 44.7 Å². The van der Waals surface area contributed by atoms with Crippen LogP contribution >= 0.6 is 0 Å². The Hall–Kier alpha value is -1.95. The van der Waals surface area contributed by atoms with Gasteiger partial charge in [0, 0.05) is 23.2 Å². The van der Waals surface area contributed by atoms with Crippen molar-refractivity contribution >= 4 is 10.8 Å². The Labute approximate surface area is 112 Å². The molecule has 0 fully saturated rings. The van der Waals surface area contributed by atoms with E-state index >= 15 is 0 Å². The fourth-order valence-electron chi connectivity index (χ4n) is 1.89. The van der Waals surface area contributed by atoms with E-state index in [0.717, 1.165) is 11.6 Å². The van der Waals surface area contributed by atoms with Crippen molar-refractivity contribution in [2.24, 2.45) is 0 Å². The molecule has 0 saturated carbocycles. The second-order valence-corrected chi connectivity index (χ2v) is 4.17. The van der Waals surface area contributed by atoms with Crippen molar-refractivity contribution in [3.63, 3.8) is 0 Å². The van der Waals surface area contributed by atoms with Crippen LogP contribution in [0.15, 0.2) is 18.5 Å². The summed E-state index contributed by atoms with van der Waals surface area (Å²) in [6.45, 7) is 7.91. The summed E-state index contributed by atoms with van der Waals surface area (Å²) in [6.07, 6.45) is 8.41. The van der Waals surface area contributed by atoms with Crippen LogP contribution < -0.4 is 0 Å². The number of terminal acetylenes is 1. The standard InChI is InChI=1S/C14H11F2N.C2H6/c1-4-10-13-9(5-12(15)14(10)16)6-17-7-11(13)8(2)3;1-2/h1,5-8H,2-3H3;1-2H3. The molecule has 1 nitrogen and oxygen atoms in total. The number of hydrogen-bond acceptors (Lipinski definition) is 1. The number of nitrogens with zero attached hydrogens (tertiary/aromatic N) is 1. The molecule has 0 radical (unpaired) electrons. The van der Waals surface area contributed by atoms with Gasteiger partial charge >= 0.3 is 0 Å². The SMILES string of the molecule is C#Cc1c(F)c(F)cc2cncc(C(C)C)c12.CC. The van der Waals surface area contributed by atoms with Crippen LogP contribution in [0.2, 0.25) is 0 Å². The molecule has 0 bridgehead atoms. The number of halogens is 2. The van der Waals surface area contributed by atoms with Gasteiger partial charge in [0.2, 0.25) is 0 Å². The van der Waals surface area contributed by atoms with Crippen LogP contribution in [-0.4, -0.2) is 4.98 Å². The minimum absolute atomic E-state index is 0.0221. The number of hydrogen-bond donors (Lipinski definition) is 0. The first-order valence-corrected chi connectivity index (χ1v) is 6.28. The summed E-state index contributed by atoms with van der Waals surface area (Å²) in [5.41, 5.74) is 0.806. The average Bonchev–Trinajstić information content (AvgIpc) is 2.42. The van der Waals surface area contributed by atoms with E-state index in [4.69, 9.17) is 6.42 Å². The van der Waals surface area contributed by atoms with E-state index in [-0.39, 0.29) is 11.5 Å². The number of aromatic nitrogens is 1. The van der Waals surface area contributed by atoms with Crippen LogP contribution in [0.4, 0.5) is 8.78 Å². The first kappa shape index (κ1) is 15.1. The van der Waals surface area contributed by atoms with Crippen LogP contribution in [-0.2, 0) is 0 Å². The first-order chi connectivity index (χ1) is 9.06. The van der Waals surface area contributed by atoms with Crippen LogP contribution in [0, 0.1) is 24.0 Å². The van der Waals surface area contributed by atoms with Crippen molar-refractivity contribution < 1.29 is 8.78 Å². The minimum atomic E-state index is -0.965. The molecule has 2 rings (SSSR count). The van der Waals surface area contributed by atoms with E-state index in [9.17, 15) is 8.78 Å². The average molecular weight is 261 g/mol. The van der Waals surface area contributed by atoms with E-state index in [0.29, 0.717) is 10.8 Å². The van der Waals surface area contributed by atoms with E-state index in [1.54, 1.807) is 6.20 Å². The molecule has 1 aromatic carbocycles. The van der Waals surface area contributed by atoms with Crippen molar-refractivity contribution in [1.82, 2.24) is 4.98 Å². The van der Waals surface area contributed by atoms with Crippen LogP contribution in [0.5, 0.6) is 0 Å². The summed E-state index contributed by atoms with van der Waals surface area (Å²) < 4.78 is 27.0. The third-order valence-electron chi connectivity index (χ3n) is 2.73. The predicted molar refractivity (Wildman–Crippen MR) is 75.0 cm³/mol. The monoisotopic (exact) mass is 261 g/mol. The minimum Gasteiger partial charge on any atom is -0.264 e. The number of fused-ring (bicyclic) bond motifs is 1. The molecule has 0 amide bonds. The lowest BCUT2D eigenvalue weighted by Crippen LogP contribution is -1.98. The van der Waals surface area contributed by atoms with E-state index < -0.39 is 11.6 Å². The van der Waals surface area contributed by atoms with Crippen molar-refractivity contribution in [2.75, 3.05) is 0 Å². The molecular formula is C16H17F2N. The van der Waals surface area contributed by atoms with Gasteiger partial charge < -0.3 is 0 Å². The van der Waals surface area contributed by atoms with Gasteiger partial charge in [0.1, 0.15) is 0 Å². The lowest BCUT2D eigenvalue weighted by atomic mass is 9.95. The topological polar surface area (TPSA) is 12.9 Å². The van der Waals surface area contributed by atoms with Gasteiger partial charge in [-0.3, -0.25) is 4.98 Å². The van der Waals surface area contributed by atoms with Crippen molar-refractivity contribution in [3.05, 3.63) is 41.2 Å². The molecule has 0 spiro atoms. The van der Waals surface area contributed by atoms with E-state index in [2.05, 4.69) is 10.9 Å². The second-order valence-electron chi connectivity index (χ2n) is 4.17. The molecule has 0 aliphatic carbocycles. The molecule has 2 aromatic rings. The Balaban J connectivity index is 0.000000861. The second kappa shape index (κ2) is 6.29. The Morgan fingerprint density at radius 2 is 1.84 bits per heavy atom. The molecule has 0 aliphatic rings. The van der Waals surface area contributed by atoms with Gasteiger partial charge in [0.25, 0.3) is 0 Å². The fraction of sp³-hybridized carbons (Fsp3) is 0.312. The smallest absolute Gasteiger partial charge is 0.175 e. The van der Waals surface area contributed by atoms with Gasteiger partial charge in [-0.05, 0) is 17.5 Å². The normalized spacial score (nSPS) is 10.0. The van der Waals surface area contributed by atoms with Crippen LogP contribution in [0.3, 0.4) is 0 Å². The summed E-state index contributed by atoms with van der Waals surface area (Å²) in [4.78, 5) is 4.02. The van der Waals surface area contributed by atoms with Gasteiger partial charge in [-0.25, -0.2) is 8.78 Å². The van der Waals surface area contributed by atoms with Gasteiger partial charge in [0.15, 0.2) is 11.6 Å². The molecule has 19 heavy (non-hydrogen) atoms. The molecule has 1 heterocycles. The highest BCUT2D eigenvalue weighted by Gasteiger charge is 2.16. The van der Waals surface area contributed by atoms with Gasteiger partial charge in [0.05, 0.1) is 5.56 Å². The van der Waals surface area contributed by atoms with Gasteiger partial charge in [-0.2, -0.15) is 0 Å². The molecule has 0 N–H and O–H groups in total. The predicted octanol–water partition coefficient (Wildman–Crippen LogP) is 4.64. The lowest BCUT2D eigenvalue weighted by molar-refractivity contribution is 0.509. The Morgan fingerprint density at radius 3 is 2.37 bits per heavy atom. The maximum Gasteiger partial charge on any atom is 0.175 e. The molecule has 0 unspecified atom stereocenters. The summed E-state index contributed by atoms with van der Waals surface area (Å²) >= 11 is 0. The first-order valence-electron chi connectivity index (χ1n) is 6.28. The maximum absolute atomic E-state index is 13.6. The van der Waals surface area contributed by atoms with E-state index in [1.807, 2.05) is 27.7 Å². The molecule has 0 aliphatic heterocycles. The Morgan fingerprint density at radius 1 is 1.21 bits per heavy atom. The van der Waals surface area contributed by atoms with Crippen LogP contribution in [0.25, 0.3) is 10.8 Å². The summed E-state index contributed by atoms with van der Waals surface area (Å²) in [7, 11) is 0. The number of benzene rings is 1. The van der Waals surface area contributed by atoms with Gasteiger partial charge in [-0.15, -0.1) is 6.42 Å². The zero-order chi connectivity index (χ0) is 14.6. The highest BCUT2D eigenvalue weighted by Crippen LogP contribution is 2.29. The molecular weight excluding hydrogens is 244 g/mol. The zero-order valence-corrected chi connectivity index (χ0v) is 11.6. The van der Waals surface area contributed by atoms with E-state index in [1.165, 1.54) is 6.20 Å². The number of pyridine rings is 1. The molecule has 0 atom stereocenters. The third-order valence-corrected chi connectivity index (χ3v) is 2.73. The quantitative estimate of drug-likeness (QED) is 0.681. The maximum atomic E-state index is 13.6. The summed E-state index contributed by atoms with van der Waals surface area (Å²) in [5.74, 6) is 0.472. The Kier molecular flexibility index (Phi) is 5.00. The molecule has 1 aromatic heterocycles. The fourth-order valence-corrected chi connectivity index (χ4v) is 1.89. The summed E-state index contributed by atoms with van der Waals surface area (Å²) in [5, 5.41) is 1.11. The van der Waals surface area contributed by atoms with Crippen molar-refractivity contribution in [2.45, 2.75) is 33.6 Å². The molecule has 100 valence electrons. The van der Waals surface area contributed by atoms with Gasteiger partial charge in [-0.1, -0.05) is 33.6 Å². The van der Waals surface area contributed by atoms with Crippen molar-refractivity contribution in [1.29, 1.82) is 0 Å². The summed E-state index contributed by atoms with van der Waals surface area (Å²) in [6, 6.07) is 1.13. The van der Waals surface area contributed by atoms with Crippen molar-refractivity contribution in [3.8, 4) is 12.3 Å². The third kappa shape index (κ3) is 2.73. The lowest BCUT2D eigenvalue weighted by Gasteiger charge is -2.11. The largest absolute Gasteiger partial charge is 0.264 e.